The van der Waals surface area contributed by atoms with Gasteiger partial charge in [0.15, 0.2) is 5.13 Å². The van der Waals surface area contributed by atoms with E-state index in [4.69, 9.17) is 4.42 Å². The molecule has 138 valence electrons. The van der Waals surface area contributed by atoms with Crippen LogP contribution >= 0.6 is 23.1 Å². The molecule has 4 nitrogen and oxygen atoms in total. The topological polar surface area (TPSA) is 51.0 Å². The van der Waals surface area contributed by atoms with Crippen LogP contribution in [-0.2, 0) is 11.2 Å². The lowest BCUT2D eigenvalue weighted by molar-refractivity contribution is -0.0373. The summed E-state index contributed by atoms with van der Waals surface area (Å²) in [4.78, 5) is 8.62. The van der Waals surface area contributed by atoms with Crippen LogP contribution in [0, 0.1) is 0 Å². The van der Waals surface area contributed by atoms with E-state index in [-0.39, 0.29) is 24.3 Å². The molecule has 2 heterocycles. The Kier molecular flexibility index (Phi) is 5.39. The van der Waals surface area contributed by atoms with Crippen LogP contribution in [-0.4, -0.2) is 21.9 Å². The fraction of sp³-hybridized carbons (Fsp3) is 0.647. The minimum absolute atomic E-state index is 0.00312. The first-order valence-electron chi connectivity index (χ1n) is 8.39. The van der Waals surface area contributed by atoms with Crippen molar-refractivity contribution in [1.82, 2.24) is 9.97 Å². The third kappa shape index (κ3) is 5.17. The van der Waals surface area contributed by atoms with Crippen molar-refractivity contribution in [3.8, 4) is 0 Å². The lowest BCUT2D eigenvalue weighted by atomic mass is 9.92. The van der Waals surface area contributed by atoms with Gasteiger partial charge in [-0.3, -0.25) is 0 Å². The van der Waals surface area contributed by atoms with Crippen LogP contribution in [0.5, 0.6) is 0 Å². The molecule has 1 aliphatic rings. The Morgan fingerprint density at radius 2 is 2.16 bits per heavy atom. The monoisotopic (exact) mass is 387 g/mol. The Labute approximate surface area is 154 Å². The largest absolute Gasteiger partial charge is 0.444 e. The molecule has 3 rings (SSSR count). The number of nitrogens with zero attached hydrogens (tertiary/aromatic N) is 2. The Hall–Kier alpha value is -1.15. The molecule has 0 bridgehead atoms. The van der Waals surface area contributed by atoms with Gasteiger partial charge in [-0.25, -0.2) is 18.7 Å². The first-order valence-corrected chi connectivity index (χ1v) is 10.2. The molecule has 1 fully saturated rings. The minimum Gasteiger partial charge on any atom is -0.444 e. The van der Waals surface area contributed by atoms with Crippen molar-refractivity contribution in [3.05, 3.63) is 24.0 Å². The summed E-state index contributed by atoms with van der Waals surface area (Å²) in [5, 5.41) is 3.86. The van der Waals surface area contributed by atoms with Crippen LogP contribution in [0.2, 0.25) is 0 Å². The van der Waals surface area contributed by atoms with E-state index in [2.05, 4.69) is 36.1 Å². The molecule has 0 amide bonds. The normalized spacial score (nSPS) is 20.6. The number of oxazole rings is 1. The Balaban J connectivity index is 1.52. The first kappa shape index (κ1) is 18.6. The molecule has 2 aromatic heterocycles. The highest BCUT2D eigenvalue weighted by atomic mass is 32.2. The van der Waals surface area contributed by atoms with E-state index in [0.717, 1.165) is 16.4 Å². The third-order valence-corrected chi connectivity index (χ3v) is 6.19. The highest BCUT2D eigenvalue weighted by molar-refractivity contribution is 8.00. The molecule has 0 radical (unpaired) electrons. The molecule has 1 saturated carbocycles. The summed E-state index contributed by atoms with van der Waals surface area (Å²) in [6, 6.07) is -0.200. The van der Waals surface area contributed by atoms with Gasteiger partial charge in [0.25, 0.3) is 0 Å². The summed E-state index contributed by atoms with van der Waals surface area (Å²) in [5.74, 6) is -0.377. The molecule has 0 spiro atoms. The number of aromatic nitrogens is 2. The second-order valence-electron chi connectivity index (χ2n) is 7.43. The minimum atomic E-state index is -2.56. The second kappa shape index (κ2) is 7.23. The van der Waals surface area contributed by atoms with Crippen molar-refractivity contribution in [2.75, 3.05) is 5.32 Å². The molecule has 1 N–H and O–H groups in total. The Morgan fingerprint density at radius 1 is 1.36 bits per heavy atom. The van der Waals surface area contributed by atoms with Gasteiger partial charge in [-0.05, 0) is 12.8 Å². The molecule has 25 heavy (non-hydrogen) atoms. The third-order valence-electron chi connectivity index (χ3n) is 4.08. The average molecular weight is 388 g/mol. The Bertz CT molecular complexity index is 709. The lowest BCUT2D eigenvalue weighted by Crippen LogP contribution is -2.34. The molecular weight excluding hydrogens is 364 g/mol. The van der Waals surface area contributed by atoms with Gasteiger partial charge in [0.2, 0.25) is 11.8 Å². The highest BCUT2D eigenvalue weighted by Crippen LogP contribution is 2.36. The van der Waals surface area contributed by atoms with Crippen LogP contribution in [0.3, 0.4) is 0 Å². The summed E-state index contributed by atoms with van der Waals surface area (Å²) < 4.78 is 33.7. The predicted molar refractivity (Wildman–Crippen MR) is 97.7 cm³/mol. The zero-order valence-corrected chi connectivity index (χ0v) is 16.3. The van der Waals surface area contributed by atoms with E-state index in [1.165, 1.54) is 11.3 Å². The first-order chi connectivity index (χ1) is 11.7. The molecule has 1 unspecified atom stereocenters. The zero-order chi connectivity index (χ0) is 18.1. The molecule has 0 aromatic carbocycles. The van der Waals surface area contributed by atoms with E-state index in [1.807, 2.05) is 0 Å². The van der Waals surface area contributed by atoms with Gasteiger partial charge in [0, 0.05) is 24.3 Å². The van der Waals surface area contributed by atoms with Gasteiger partial charge in [-0.2, -0.15) is 0 Å². The molecule has 8 heteroatoms. The smallest absolute Gasteiger partial charge is 0.250 e. The highest BCUT2D eigenvalue weighted by Gasteiger charge is 2.36. The number of anilines is 1. The fourth-order valence-corrected chi connectivity index (χ4v) is 4.52. The van der Waals surface area contributed by atoms with Crippen molar-refractivity contribution in [1.29, 1.82) is 0 Å². The molecule has 2 aromatic rings. The maximum atomic E-state index is 13.5. The number of halogens is 2. The van der Waals surface area contributed by atoms with Gasteiger partial charge in [0.1, 0.15) is 5.76 Å². The zero-order valence-electron chi connectivity index (χ0n) is 14.6. The predicted octanol–water partition coefficient (Wildman–Crippen LogP) is 5.71. The summed E-state index contributed by atoms with van der Waals surface area (Å²) in [5.41, 5.74) is -0.0560. The standard InChI is InChI=1S/C17H23F2N3OS2/c1-16(2,3)12-8-20-13(23-12)10-24-14-9-21-15(25-14)22-11-5-4-6-17(18,19)7-11/h8-9,11H,4-7,10H2,1-3H3,(H,21,22). The SMILES string of the molecule is CC(C)(C)c1cnc(CSc2cnc(NC3CCCC(F)(F)C3)s2)o1. The quantitative estimate of drug-likeness (QED) is 0.666. The van der Waals surface area contributed by atoms with Gasteiger partial charge < -0.3 is 9.73 Å². The van der Waals surface area contributed by atoms with Crippen molar-refractivity contribution in [2.45, 2.75) is 73.8 Å². The second-order valence-corrected chi connectivity index (χ2v) is 9.74. The molecule has 1 aliphatic carbocycles. The number of alkyl halides is 2. The average Bonchev–Trinajstić information content (AvgIpc) is 3.12. The molecular formula is C17H23F2N3OS2. The van der Waals surface area contributed by atoms with Gasteiger partial charge in [0.05, 0.1) is 22.4 Å². The van der Waals surface area contributed by atoms with Crippen LogP contribution in [0.25, 0.3) is 0 Å². The van der Waals surface area contributed by atoms with Crippen LogP contribution in [0.15, 0.2) is 21.0 Å². The van der Waals surface area contributed by atoms with Crippen LogP contribution in [0.4, 0.5) is 13.9 Å². The number of hydrogen-bond donors (Lipinski definition) is 1. The van der Waals surface area contributed by atoms with E-state index in [0.29, 0.717) is 23.2 Å². The number of rotatable bonds is 5. The number of thiazole rings is 1. The molecule has 0 saturated heterocycles. The van der Waals surface area contributed by atoms with Crippen molar-refractivity contribution in [2.24, 2.45) is 0 Å². The van der Waals surface area contributed by atoms with E-state index in [1.54, 1.807) is 24.2 Å². The van der Waals surface area contributed by atoms with Crippen molar-refractivity contribution < 1.29 is 13.2 Å². The lowest BCUT2D eigenvalue weighted by Gasteiger charge is -2.29. The summed E-state index contributed by atoms with van der Waals surface area (Å²) >= 11 is 3.08. The van der Waals surface area contributed by atoms with Crippen molar-refractivity contribution >= 4 is 28.2 Å². The molecule has 1 atom stereocenters. The Morgan fingerprint density at radius 3 is 2.84 bits per heavy atom. The fourth-order valence-electron chi connectivity index (χ4n) is 2.72. The number of hydrogen-bond acceptors (Lipinski definition) is 6. The van der Waals surface area contributed by atoms with E-state index in [9.17, 15) is 8.78 Å². The summed E-state index contributed by atoms with van der Waals surface area (Å²) in [7, 11) is 0. The van der Waals surface area contributed by atoms with Gasteiger partial charge in [-0.15, -0.1) is 11.8 Å². The van der Waals surface area contributed by atoms with Gasteiger partial charge >= 0.3 is 0 Å². The molecule has 0 aliphatic heterocycles. The van der Waals surface area contributed by atoms with E-state index >= 15 is 0 Å². The van der Waals surface area contributed by atoms with Crippen molar-refractivity contribution in [3.63, 3.8) is 0 Å². The van der Waals surface area contributed by atoms with Gasteiger partial charge in [-0.1, -0.05) is 32.1 Å². The van der Waals surface area contributed by atoms with Crippen LogP contribution in [0.1, 0.15) is 58.1 Å². The van der Waals surface area contributed by atoms with E-state index < -0.39 is 5.92 Å². The maximum absolute atomic E-state index is 13.5. The summed E-state index contributed by atoms with van der Waals surface area (Å²) in [6.07, 6.45) is 4.75. The maximum Gasteiger partial charge on any atom is 0.250 e. The number of thioether (sulfide) groups is 1. The number of nitrogens with one attached hydrogen (secondary N) is 1. The summed E-state index contributed by atoms with van der Waals surface area (Å²) in [6.45, 7) is 6.25. The van der Waals surface area contributed by atoms with Crippen LogP contribution < -0.4 is 5.32 Å².